The van der Waals surface area contributed by atoms with Crippen molar-refractivity contribution in [3.63, 3.8) is 0 Å². The molecule has 3 rings (SSSR count). The van der Waals surface area contributed by atoms with Crippen LogP contribution in [0.3, 0.4) is 0 Å². The summed E-state index contributed by atoms with van der Waals surface area (Å²) in [7, 11) is 0. The Morgan fingerprint density at radius 3 is 2.67 bits per heavy atom. The molecule has 2 aromatic carbocycles. The first-order valence-corrected chi connectivity index (χ1v) is 8.77. The van der Waals surface area contributed by atoms with Crippen LogP contribution < -0.4 is 14.8 Å². The number of carbonyl (C=O) groups is 1. The lowest BCUT2D eigenvalue weighted by atomic mass is 10.2. The number of rotatable bonds is 8. The molecule has 27 heavy (non-hydrogen) atoms. The van der Waals surface area contributed by atoms with Crippen LogP contribution in [0.4, 0.5) is 5.95 Å². The Morgan fingerprint density at radius 1 is 1.15 bits per heavy atom. The number of hydrogen-bond acceptors (Lipinski definition) is 6. The molecule has 0 fully saturated rings. The fourth-order valence-electron chi connectivity index (χ4n) is 2.17. The maximum Gasteiger partial charge on any atom is 0.270 e. The van der Waals surface area contributed by atoms with Crippen LogP contribution in [0.15, 0.2) is 53.1 Å². The smallest absolute Gasteiger partial charge is 0.270 e. The third-order valence-corrected chi connectivity index (χ3v) is 3.76. The summed E-state index contributed by atoms with van der Waals surface area (Å²) in [6, 6.07) is 14.2. The van der Waals surface area contributed by atoms with Gasteiger partial charge in [-0.3, -0.25) is 10.1 Å². The van der Waals surface area contributed by atoms with Crippen molar-refractivity contribution in [1.82, 2.24) is 10.1 Å². The van der Waals surface area contributed by atoms with Crippen molar-refractivity contribution in [3.05, 3.63) is 53.6 Å². The third-order valence-electron chi connectivity index (χ3n) is 3.45. The van der Waals surface area contributed by atoms with Gasteiger partial charge < -0.3 is 14.0 Å². The van der Waals surface area contributed by atoms with Crippen LogP contribution in [0.1, 0.15) is 13.3 Å². The molecule has 0 aliphatic heterocycles. The number of para-hydroxylation sites is 1. The Kier molecular flexibility index (Phi) is 6.27. The number of nitrogens with one attached hydrogen (secondary N) is 1. The maximum atomic E-state index is 12.0. The number of benzene rings is 2. The molecule has 7 nitrogen and oxygen atoms in total. The van der Waals surface area contributed by atoms with Crippen molar-refractivity contribution in [3.8, 4) is 23.0 Å². The van der Waals surface area contributed by atoms with E-state index in [0.29, 0.717) is 23.3 Å². The van der Waals surface area contributed by atoms with Crippen molar-refractivity contribution in [2.75, 3.05) is 18.5 Å². The van der Waals surface area contributed by atoms with Crippen LogP contribution in [0.5, 0.6) is 11.5 Å². The summed E-state index contributed by atoms with van der Waals surface area (Å²) in [5.74, 6) is 1.12. The van der Waals surface area contributed by atoms with Gasteiger partial charge in [0.15, 0.2) is 6.61 Å². The van der Waals surface area contributed by atoms with Gasteiger partial charge in [0.05, 0.1) is 11.6 Å². The molecule has 1 aromatic heterocycles. The van der Waals surface area contributed by atoms with Crippen LogP contribution >= 0.6 is 11.6 Å². The van der Waals surface area contributed by atoms with Crippen LogP contribution in [0, 0.1) is 0 Å². The number of ether oxygens (including phenoxy) is 2. The summed E-state index contributed by atoms with van der Waals surface area (Å²) in [6.07, 6.45) is 0.939. The fourth-order valence-corrected chi connectivity index (χ4v) is 2.36. The minimum Gasteiger partial charge on any atom is -0.494 e. The molecule has 140 valence electrons. The molecule has 0 spiro atoms. The molecule has 0 bridgehead atoms. The van der Waals surface area contributed by atoms with Gasteiger partial charge in [0.25, 0.3) is 17.7 Å². The highest BCUT2D eigenvalue weighted by Crippen LogP contribution is 2.23. The molecule has 0 saturated heterocycles. The molecule has 1 N–H and O–H groups in total. The van der Waals surface area contributed by atoms with Crippen molar-refractivity contribution in [2.45, 2.75) is 13.3 Å². The van der Waals surface area contributed by atoms with Crippen molar-refractivity contribution >= 4 is 23.5 Å². The zero-order chi connectivity index (χ0) is 19.1. The first-order chi connectivity index (χ1) is 13.2. The summed E-state index contributed by atoms with van der Waals surface area (Å²) in [5.41, 5.74) is 0.721. The van der Waals surface area contributed by atoms with Gasteiger partial charge >= 0.3 is 0 Å². The Labute approximate surface area is 161 Å². The minimum absolute atomic E-state index is 0.0593. The topological polar surface area (TPSA) is 86.5 Å². The number of amides is 1. The van der Waals surface area contributed by atoms with E-state index in [1.165, 1.54) is 0 Å². The molecule has 0 unspecified atom stereocenters. The summed E-state index contributed by atoms with van der Waals surface area (Å²) in [5, 5.41) is 6.69. The number of anilines is 1. The zero-order valence-electron chi connectivity index (χ0n) is 14.6. The van der Waals surface area contributed by atoms with Gasteiger partial charge in [-0.2, -0.15) is 4.98 Å². The molecular formula is C19H18ClN3O4. The lowest BCUT2D eigenvalue weighted by Crippen LogP contribution is -2.20. The zero-order valence-corrected chi connectivity index (χ0v) is 15.4. The summed E-state index contributed by atoms with van der Waals surface area (Å²) in [6.45, 7) is 2.48. The third kappa shape index (κ3) is 5.21. The summed E-state index contributed by atoms with van der Waals surface area (Å²) < 4.78 is 16.1. The molecule has 0 aliphatic carbocycles. The fraction of sp³-hybridized carbons (Fsp3) is 0.211. The molecule has 0 radical (unpaired) electrons. The molecular weight excluding hydrogens is 370 g/mol. The number of hydrogen-bond donors (Lipinski definition) is 1. The van der Waals surface area contributed by atoms with Crippen LogP contribution in [-0.4, -0.2) is 29.3 Å². The Hall–Kier alpha value is -3.06. The van der Waals surface area contributed by atoms with Crippen LogP contribution in [0.25, 0.3) is 11.5 Å². The normalized spacial score (nSPS) is 10.4. The van der Waals surface area contributed by atoms with E-state index in [4.69, 9.17) is 25.6 Å². The summed E-state index contributed by atoms with van der Waals surface area (Å²) in [4.78, 5) is 16.1. The van der Waals surface area contributed by atoms with E-state index < -0.39 is 5.91 Å². The number of nitrogens with zero attached hydrogens (tertiary/aromatic N) is 2. The minimum atomic E-state index is -0.425. The van der Waals surface area contributed by atoms with Crippen molar-refractivity contribution in [1.29, 1.82) is 0 Å². The van der Waals surface area contributed by atoms with E-state index >= 15 is 0 Å². The second kappa shape index (κ2) is 9.05. The van der Waals surface area contributed by atoms with Gasteiger partial charge in [-0.25, -0.2) is 0 Å². The maximum absolute atomic E-state index is 12.0. The molecule has 1 heterocycles. The first-order valence-electron chi connectivity index (χ1n) is 8.40. The lowest BCUT2D eigenvalue weighted by molar-refractivity contribution is -0.118. The lowest BCUT2D eigenvalue weighted by Gasteiger charge is -2.06. The highest BCUT2D eigenvalue weighted by molar-refractivity contribution is 6.32. The average Bonchev–Trinajstić information content (AvgIpc) is 3.14. The predicted molar refractivity (Wildman–Crippen MR) is 101 cm³/mol. The SMILES string of the molecule is CCCOc1ccc(-c2nc(NC(=O)COc3ccccc3Cl)no2)cc1. The highest BCUT2D eigenvalue weighted by Gasteiger charge is 2.12. The van der Waals surface area contributed by atoms with E-state index in [1.54, 1.807) is 24.3 Å². The quantitative estimate of drug-likeness (QED) is 0.623. The van der Waals surface area contributed by atoms with E-state index in [2.05, 4.69) is 15.5 Å². The monoisotopic (exact) mass is 387 g/mol. The standard InChI is InChI=1S/C19H18ClN3O4/c1-2-11-25-14-9-7-13(8-10-14)18-22-19(23-27-18)21-17(24)12-26-16-6-4-3-5-15(16)20/h3-10H,2,11-12H2,1H3,(H,21,23,24). The van der Waals surface area contributed by atoms with Gasteiger partial charge in [-0.1, -0.05) is 30.7 Å². The average molecular weight is 388 g/mol. The first kappa shape index (κ1) is 18.7. The molecule has 0 saturated carbocycles. The van der Waals surface area contributed by atoms with Crippen molar-refractivity contribution < 1.29 is 18.8 Å². The second-order valence-corrected chi connectivity index (χ2v) is 5.97. The molecule has 0 aliphatic rings. The Morgan fingerprint density at radius 2 is 1.93 bits per heavy atom. The van der Waals surface area contributed by atoms with Gasteiger partial charge in [0.1, 0.15) is 11.5 Å². The molecule has 1 amide bonds. The van der Waals surface area contributed by atoms with Crippen LogP contribution in [-0.2, 0) is 4.79 Å². The van der Waals surface area contributed by atoms with Crippen molar-refractivity contribution in [2.24, 2.45) is 0 Å². The number of halogens is 1. The van der Waals surface area contributed by atoms with E-state index in [-0.39, 0.29) is 12.6 Å². The largest absolute Gasteiger partial charge is 0.494 e. The molecule has 8 heteroatoms. The number of aromatic nitrogens is 2. The van der Waals surface area contributed by atoms with Gasteiger partial charge in [-0.15, -0.1) is 0 Å². The molecule has 3 aromatic rings. The van der Waals surface area contributed by atoms with Gasteiger partial charge in [-0.05, 0) is 48.0 Å². The van der Waals surface area contributed by atoms with E-state index in [9.17, 15) is 4.79 Å². The van der Waals surface area contributed by atoms with Gasteiger partial charge in [0.2, 0.25) is 0 Å². The van der Waals surface area contributed by atoms with Gasteiger partial charge in [0, 0.05) is 5.56 Å². The van der Waals surface area contributed by atoms with E-state index in [1.807, 2.05) is 31.2 Å². The second-order valence-electron chi connectivity index (χ2n) is 5.56. The predicted octanol–water partition coefficient (Wildman–Crippen LogP) is 4.20. The Balaban J connectivity index is 1.55. The number of carbonyl (C=O) groups excluding carboxylic acids is 1. The summed E-state index contributed by atoms with van der Waals surface area (Å²) >= 11 is 5.97. The van der Waals surface area contributed by atoms with E-state index in [0.717, 1.165) is 17.7 Å². The Bertz CT molecular complexity index is 896. The van der Waals surface area contributed by atoms with Crippen LogP contribution in [0.2, 0.25) is 5.02 Å². The molecule has 0 atom stereocenters. The highest BCUT2D eigenvalue weighted by atomic mass is 35.5.